The molecule has 0 amide bonds. The van der Waals surface area contributed by atoms with Gasteiger partial charge in [-0.05, 0) is 125 Å². The molecule has 1 heteroatoms. The predicted molar refractivity (Wildman–Crippen MR) is 299 cm³/mol. The molecule has 0 saturated carbocycles. The first-order chi connectivity index (χ1) is 34.5. The molecule has 344 valence electrons. The quantitative estimate of drug-likeness (QED) is 0.147. The van der Waals surface area contributed by atoms with Crippen LogP contribution in [0.1, 0.15) is 97.2 Å². The van der Waals surface area contributed by atoms with Crippen molar-refractivity contribution < 1.29 is 0 Å². The summed E-state index contributed by atoms with van der Waals surface area (Å²) in [7, 11) is 0. The van der Waals surface area contributed by atoms with Crippen molar-refractivity contribution in [3.05, 3.63) is 304 Å². The van der Waals surface area contributed by atoms with Crippen molar-refractivity contribution in [2.75, 3.05) is 4.90 Å². The highest BCUT2D eigenvalue weighted by atomic mass is 15.1. The molecule has 2 aliphatic rings. The lowest BCUT2D eigenvalue weighted by Gasteiger charge is -2.36. The highest BCUT2D eigenvalue weighted by Crippen LogP contribution is 2.61. The third kappa shape index (κ3) is 6.97. The molecule has 0 aromatic heterocycles. The van der Waals surface area contributed by atoms with Gasteiger partial charge in [-0.3, -0.25) is 0 Å². The number of hydrogen-bond acceptors (Lipinski definition) is 1. The molecule has 0 saturated heterocycles. The summed E-state index contributed by atoms with van der Waals surface area (Å²) in [5.74, 6) is 0. The second kappa shape index (κ2) is 16.9. The maximum Gasteiger partial charge on any atom is 0.0714 e. The molecule has 2 aliphatic carbocycles. The third-order valence-corrected chi connectivity index (χ3v) is 15.6. The Bertz CT molecular complexity index is 3460. The Kier molecular flexibility index (Phi) is 10.5. The van der Waals surface area contributed by atoms with Crippen LogP contribution in [0.5, 0.6) is 0 Å². The van der Waals surface area contributed by atoms with Gasteiger partial charge >= 0.3 is 0 Å². The zero-order chi connectivity index (χ0) is 48.5. The van der Waals surface area contributed by atoms with Gasteiger partial charge in [-0.1, -0.05) is 260 Å². The number of hydrogen-bond donors (Lipinski definition) is 0. The Morgan fingerprint density at radius 2 is 0.704 bits per heavy atom. The molecule has 71 heavy (non-hydrogen) atoms. The van der Waals surface area contributed by atoms with Crippen LogP contribution in [-0.2, 0) is 21.7 Å². The maximum absolute atomic E-state index is 2.54. The molecule has 0 spiro atoms. The van der Waals surface area contributed by atoms with Crippen LogP contribution in [-0.4, -0.2) is 0 Å². The van der Waals surface area contributed by atoms with E-state index in [9.17, 15) is 0 Å². The van der Waals surface area contributed by atoms with Crippen LogP contribution in [0.4, 0.5) is 17.1 Å². The van der Waals surface area contributed by atoms with Gasteiger partial charge < -0.3 is 4.90 Å². The van der Waals surface area contributed by atoms with E-state index in [1.807, 2.05) is 0 Å². The van der Waals surface area contributed by atoms with Gasteiger partial charge in [-0.2, -0.15) is 0 Å². The van der Waals surface area contributed by atoms with E-state index in [0.717, 1.165) is 17.1 Å². The summed E-state index contributed by atoms with van der Waals surface area (Å²) >= 11 is 0. The van der Waals surface area contributed by atoms with E-state index < -0.39 is 10.8 Å². The van der Waals surface area contributed by atoms with Crippen molar-refractivity contribution in [3.8, 4) is 33.4 Å². The number of nitrogens with zero attached hydrogens (tertiary/aromatic N) is 1. The summed E-state index contributed by atoms with van der Waals surface area (Å²) in [5, 5.41) is 0. The molecule has 0 bridgehead atoms. The molecule has 0 radical (unpaired) electrons. The van der Waals surface area contributed by atoms with E-state index in [0.29, 0.717) is 0 Å². The van der Waals surface area contributed by atoms with E-state index in [1.165, 1.54) is 89.0 Å². The van der Waals surface area contributed by atoms with Crippen LogP contribution < -0.4 is 4.90 Å². The molecule has 0 unspecified atom stereocenters. The first-order valence-electron chi connectivity index (χ1n) is 25.3. The normalized spacial score (nSPS) is 14.0. The Morgan fingerprint density at radius 1 is 0.296 bits per heavy atom. The molecule has 0 heterocycles. The van der Waals surface area contributed by atoms with Gasteiger partial charge in [0, 0.05) is 16.9 Å². The van der Waals surface area contributed by atoms with Gasteiger partial charge in [0.25, 0.3) is 0 Å². The van der Waals surface area contributed by atoms with Crippen molar-refractivity contribution in [2.45, 2.75) is 63.2 Å². The van der Waals surface area contributed by atoms with Gasteiger partial charge in [0.2, 0.25) is 0 Å². The minimum atomic E-state index is -0.590. The summed E-state index contributed by atoms with van der Waals surface area (Å²) in [5.41, 5.74) is 22.5. The fraction of sp³-hybridized carbons (Fsp3) is 0.143. The average molecular weight is 914 g/mol. The summed E-state index contributed by atoms with van der Waals surface area (Å²) in [4.78, 5) is 2.54. The van der Waals surface area contributed by atoms with Gasteiger partial charge in [0.15, 0.2) is 0 Å². The zero-order valence-electron chi connectivity index (χ0n) is 41.6. The number of rotatable bonds is 8. The molecule has 1 nitrogen and oxygen atoms in total. The second-order valence-corrected chi connectivity index (χ2v) is 21.7. The van der Waals surface area contributed by atoms with Crippen LogP contribution in [0, 0.1) is 0 Å². The van der Waals surface area contributed by atoms with Gasteiger partial charge in [0.05, 0.1) is 16.5 Å². The summed E-state index contributed by atoms with van der Waals surface area (Å²) in [6, 6.07) is 93.8. The van der Waals surface area contributed by atoms with E-state index >= 15 is 0 Å². The van der Waals surface area contributed by atoms with Crippen molar-refractivity contribution in [1.82, 2.24) is 0 Å². The number of anilines is 3. The van der Waals surface area contributed by atoms with Crippen molar-refractivity contribution in [2.24, 2.45) is 0 Å². The molecular weight excluding hydrogens is 855 g/mol. The molecule has 10 aromatic rings. The summed E-state index contributed by atoms with van der Waals surface area (Å²) in [6.45, 7) is 13.8. The van der Waals surface area contributed by atoms with Crippen LogP contribution in [0.25, 0.3) is 33.4 Å². The fourth-order valence-electron chi connectivity index (χ4n) is 12.2. The summed E-state index contributed by atoms with van der Waals surface area (Å²) in [6.07, 6.45) is 0. The second-order valence-electron chi connectivity index (χ2n) is 21.7. The van der Waals surface area contributed by atoms with Crippen LogP contribution in [0.15, 0.2) is 249 Å². The SMILES string of the molecule is CC(C)(C)c1ccc(C2(c3ccc(C(C)(C)C)cc3)c3ccccc3-c3c(N(c4ccc(-c5ccccc5)cc4)c4ccc5c(c4)C(c4ccccc4)(c4ccccc4)c4ccccc4-5)cccc32)cc1. The van der Waals surface area contributed by atoms with Crippen LogP contribution >= 0.6 is 0 Å². The van der Waals surface area contributed by atoms with Crippen molar-refractivity contribution in [3.63, 3.8) is 0 Å². The van der Waals surface area contributed by atoms with Crippen LogP contribution in [0.3, 0.4) is 0 Å². The molecular formula is C70H59N. The molecule has 10 aromatic carbocycles. The predicted octanol–water partition coefficient (Wildman–Crippen LogP) is 18.1. The number of fused-ring (bicyclic) bond motifs is 6. The maximum atomic E-state index is 2.54. The Hall–Kier alpha value is -8.00. The highest BCUT2D eigenvalue weighted by Gasteiger charge is 2.49. The van der Waals surface area contributed by atoms with Crippen LogP contribution in [0.2, 0.25) is 0 Å². The smallest absolute Gasteiger partial charge is 0.0714 e. The monoisotopic (exact) mass is 913 g/mol. The van der Waals surface area contributed by atoms with Gasteiger partial charge in [0.1, 0.15) is 0 Å². The highest BCUT2D eigenvalue weighted by molar-refractivity contribution is 5.98. The van der Waals surface area contributed by atoms with Gasteiger partial charge in [-0.25, -0.2) is 0 Å². The largest absolute Gasteiger partial charge is 0.310 e. The lowest BCUT2D eigenvalue weighted by Crippen LogP contribution is -2.29. The topological polar surface area (TPSA) is 3.24 Å². The molecule has 0 fully saturated rings. The van der Waals surface area contributed by atoms with Gasteiger partial charge in [-0.15, -0.1) is 0 Å². The average Bonchev–Trinajstić information content (AvgIpc) is 3.88. The standard InChI is InChI=1S/C70H59N/c1-67(2,3)50-35-39-54(40-36-50)69(55-41-37-51(38-42-55)68(4,5)6)62-30-19-17-28-60(62)66-63(69)31-20-32-65(66)71(56-43-33-49(34-44-56)48-21-10-7-11-22-48)57-45-46-59-58-27-16-18-29-61(58)70(64(59)47-57,52-23-12-8-13-24-52)53-25-14-9-15-26-53/h7-47H,1-6H3. The van der Waals surface area contributed by atoms with E-state index in [-0.39, 0.29) is 10.8 Å². The molecule has 0 N–H and O–H groups in total. The third-order valence-electron chi connectivity index (χ3n) is 15.6. The minimum Gasteiger partial charge on any atom is -0.310 e. The van der Waals surface area contributed by atoms with E-state index in [2.05, 4.69) is 295 Å². The molecule has 12 rings (SSSR count). The Morgan fingerprint density at radius 3 is 1.25 bits per heavy atom. The van der Waals surface area contributed by atoms with E-state index in [4.69, 9.17) is 0 Å². The van der Waals surface area contributed by atoms with E-state index in [1.54, 1.807) is 0 Å². The van der Waals surface area contributed by atoms with Crippen molar-refractivity contribution in [1.29, 1.82) is 0 Å². The molecule has 0 atom stereocenters. The zero-order valence-corrected chi connectivity index (χ0v) is 41.6. The lowest BCUT2D eigenvalue weighted by molar-refractivity contribution is 0.588. The first-order valence-corrected chi connectivity index (χ1v) is 25.3. The minimum absolute atomic E-state index is 0.0190. The summed E-state index contributed by atoms with van der Waals surface area (Å²) < 4.78 is 0. The van der Waals surface area contributed by atoms with Crippen molar-refractivity contribution >= 4 is 17.1 Å². The lowest BCUT2D eigenvalue weighted by atomic mass is 9.67. The fourth-order valence-corrected chi connectivity index (χ4v) is 12.2. The number of benzene rings is 10. The Balaban J connectivity index is 1.15. The first kappa shape index (κ1) is 44.2. The Labute approximate surface area is 420 Å². The molecule has 0 aliphatic heterocycles.